The summed E-state index contributed by atoms with van der Waals surface area (Å²) in [5.41, 5.74) is 0.725. The molecule has 2 saturated heterocycles. The molecule has 2 fully saturated rings. The highest BCUT2D eigenvalue weighted by atomic mass is 32.2. The molecule has 29 heavy (non-hydrogen) atoms. The molecular weight excluding hydrogens is 403 g/mol. The Morgan fingerprint density at radius 1 is 1.28 bits per heavy atom. The Morgan fingerprint density at radius 3 is 2.62 bits per heavy atom. The zero-order chi connectivity index (χ0) is 21.2. The average molecular weight is 426 g/mol. The Kier molecular flexibility index (Phi) is 6.18. The molecule has 158 valence electrons. The third-order valence-corrected chi connectivity index (χ3v) is 7.44. The molecule has 9 nitrogen and oxygen atoms in total. The molecule has 0 aliphatic carbocycles. The smallest absolute Gasteiger partial charge is 0.321 e. The van der Waals surface area contributed by atoms with Crippen molar-refractivity contribution in [3.63, 3.8) is 0 Å². The van der Waals surface area contributed by atoms with Crippen molar-refractivity contribution >= 4 is 27.9 Å². The van der Waals surface area contributed by atoms with Crippen LogP contribution in [0.4, 0.5) is 9.18 Å². The largest absolute Gasteiger partial charge is 0.352 e. The van der Waals surface area contributed by atoms with Gasteiger partial charge in [-0.15, -0.1) is 0 Å². The van der Waals surface area contributed by atoms with Gasteiger partial charge in [0.2, 0.25) is 21.8 Å². The van der Waals surface area contributed by atoms with Crippen molar-refractivity contribution < 1.29 is 27.2 Å². The number of benzene rings is 1. The van der Waals surface area contributed by atoms with Crippen LogP contribution in [-0.4, -0.2) is 54.9 Å². The lowest BCUT2D eigenvalue weighted by Crippen LogP contribution is -2.65. The van der Waals surface area contributed by atoms with Crippen molar-refractivity contribution in [2.24, 2.45) is 5.92 Å². The van der Waals surface area contributed by atoms with E-state index < -0.39 is 39.2 Å². The molecule has 1 aromatic carbocycles. The van der Waals surface area contributed by atoms with Gasteiger partial charge in [0.1, 0.15) is 5.82 Å². The number of halogens is 1. The third-order valence-electron chi connectivity index (χ3n) is 5.12. The Bertz CT molecular complexity index is 905. The zero-order valence-electron chi connectivity index (χ0n) is 15.9. The van der Waals surface area contributed by atoms with Crippen LogP contribution in [0, 0.1) is 11.7 Å². The van der Waals surface area contributed by atoms with E-state index >= 15 is 0 Å². The first-order chi connectivity index (χ1) is 13.7. The van der Waals surface area contributed by atoms with E-state index in [4.69, 9.17) is 0 Å². The van der Waals surface area contributed by atoms with E-state index in [0.717, 1.165) is 9.87 Å². The number of hydrogen-bond acceptors (Lipinski definition) is 5. The fraction of sp³-hybridized carbons (Fsp3) is 0.500. The van der Waals surface area contributed by atoms with Gasteiger partial charge in [0.05, 0.1) is 12.0 Å². The van der Waals surface area contributed by atoms with Crippen molar-refractivity contribution in [1.82, 2.24) is 20.3 Å². The molecule has 4 amide bonds. The quantitative estimate of drug-likeness (QED) is 0.615. The molecule has 0 radical (unpaired) electrons. The van der Waals surface area contributed by atoms with Gasteiger partial charge in [0.25, 0.3) is 0 Å². The number of rotatable bonds is 5. The minimum atomic E-state index is -4.06. The van der Waals surface area contributed by atoms with E-state index in [2.05, 4.69) is 10.6 Å². The molecule has 0 saturated carbocycles. The number of nitrogens with zero attached hydrogens (tertiary/aromatic N) is 1. The Hall–Kier alpha value is -2.53. The summed E-state index contributed by atoms with van der Waals surface area (Å²) in [6.45, 7) is 1.82. The summed E-state index contributed by atoms with van der Waals surface area (Å²) < 4.78 is 40.1. The minimum Gasteiger partial charge on any atom is -0.352 e. The summed E-state index contributed by atoms with van der Waals surface area (Å²) >= 11 is 0. The highest BCUT2D eigenvalue weighted by molar-refractivity contribution is 7.90. The number of nitrogens with one attached hydrogen (secondary N) is 3. The SMILES string of the molecule is CC1NC(=O)NC(=O)C1S(=O)(=O)N1CCCC(C(=O)NCc2ccc(F)cc2)C1. The van der Waals surface area contributed by atoms with Crippen molar-refractivity contribution in [2.45, 2.75) is 37.6 Å². The Balaban J connectivity index is 1.64. The van der Waals surface area contributed by atoms with Gasteiger partial charge < -0.3 is 10.6 Å². The van der Waals surface area contributed by atoms with E-state index in [1.165, 1.54) is 19.1 Å². The van der Waals surface area contributed by atoms with E-state index in [9.17, 15) is 27.2 Å². The number of carbonyl (C=O) groups excluding carboxylic acids is 3. The van der Waals surface area contributed by atoms with E-state index in [1.54, 1.807) is 12.1 Å². The number of carbonyl (C=O) groups is 3. The normalized spacial score (nSPS) is 25.8. The number of hydrogen-bond donors (Lipinski definition) is 3. The molecule has 0 spiro atoms. The maximum atomic E-state index is 13.0. The van der Waals surface area contributed by atoms with Crippen LogP contribution in [0.5, 0.6) is 0 Å². The molecule has 3 atom stereocenters. The predicted octanol–water partition coefficient (Wildman–Crippen LogP) is 0.0802. The molecule has 3 rings (SSSR count). The van der Waals surface area contributed by atoms with Gasteiger partial charge >= 0.3 is 6.03 Å². The lowest BCUT2D eigenvalue weighted by Gasteiger charge is -2.36. The van der Waals surface area contributed by atoms with Crippen LogP contribution >= 0.6 is 0 Å². The van der Waals surface area contributed by atoms with Gasteiger partial charge in [-0.2, -0.15) is 0 Å². The van der Waals surface area contributed by atoms with Crippen LogP contribution < -0.4 is 16.0 Å². The van der Waals surface area contributed by atoms with Crippen molar-refractivity contribution in [2.75, 3.05) is 13.1 Å². The van der Waals surface area contributed by atoms with Crippen molar-refractivity contribution in [3.05, 3.63) is 35.6 Å². The number of amides is 4. The first-order valence-electron chi connectivity index (χ1n) is 9.31. The maximum Gasteiger partial charge on any atom is 0.321 e. The molecule has 1 aromatic rings. The highest BCUT2D eigenvalue weighted by Gasteiger charge is 2.46. The summed E-state index contributed by atoms with van der Waals surface area (Å²) in [5.74, 6) is -2.10. The van der Waals surface area contributed by atoms with Gasteiger partial charge in [-0.05, 0) is 37.5 Å². The van der Waals surface area contributed by atoms with E-state index in [-0.39, 0.29) is 31.4 Å². The average Bonchev–Trinajstić information content (AvgIpc) is 2.66. The zero-order valence-corrected chi connectivity index (χ0v) is 16.7. The Morgan fingerprint density at radius 2 is 1.97 bits per heavy atom. The predicted molar refractivity (Wildman–Crippen MR) is 101 cm³/mol. The van der Waals surface area contributed by atoms with Crippen LogP contribution in [0.1, 0.15) is 25.3 Å². The summed E-state index contributed by atoms with van der Waals surface area (Å²) in [6.07, 6.45) is 0.993. The van der Waals surface area contributed by atoms with Gasteiger partial charge in [-0.25, -0.2) is 21.9 Å². The fourth-order valence-electron chi connectivity index (χ4n) is 3.61. The van der Waals surface area contributed by atoms with Crippen LogP contribution in [0.2, 0.25) is 0 Å². The van der Waals surface area contributed by atoms with Crippen LogP contribution in [0.25, 0.3) is 0 Å². The highest BCUT2D eigenvalue weighted by Crippen LogP contribution is 2.24. The molecule has 2 heterocycles. The second-order valence-corrected chi connectivity index (χ2v) is 9.31. The van der Waals surface area contributed by atoms with Crippen LogP contribution in [-0.2, 0) is 26.2 Å². The third kappa shape index (κ3) is 4.73. The molecule has 2 aliphatic heterocycles. The van der Waals surface area contributed by atoms with Crippen LogP contribution in [0.15, 0.2) is 24.3 Å². The first-order valence-corrected chi connectivity index (χ1v) is 10.8. The number of sulfonamides is 1. The molecule has 3 N–H and O–H groups in total. The van der Waals surface area contributed by atoms with Crippen molar-refractivity contribution in [3.8, 4) is 0 Å². The van der Waals surface area contributed by atoms with Crippen LogP contribution in [0.3, 0.4) is 0 Å². The minimum absolute atomic E-state index is 0.0397. The molecule has 2 aliphatic rings. The number of imide groups is 1. The first kappa shape index (κ1) is 21.2. The number of urea groups is 1. The van der Waals surface area contributed by atoms with Gasteiger partial charge in [0.15, 0.2) is 5.25 Å². The second-order valence-electron chi connectivity index (χ2n) is 7.26. The molecular formula is C18H23FN4O5S. The van der Waals surface area contributed by atoms with Gasteiger partial charge in [0, 0.05) is 19.6 Å². The molecule has 0 bridgehead atoms. The van der Waals surface area contributed by atoms with E-state index in [1.807, 2.05) is 5.32 Å². The van der Waals surface area contributed by atoms with Crippen molar-refractivity contribution in [1.29, 1.82) is 0 Å². The molecule has 3 unspecified atom stereocenters. The topological polar surface area (TPSA) is 125 Å². The lowest BCUT2D eigenvalue weighted by molar-refractivity contribution is -0.126. The summed E-state index contributed by atoms with van der Waals surface area (Å²) in [5, 5.41) is 5.68. The molecule has 0 aromatic heterocycles. The second kappa shape index (κ2) is 8.46. The van der Waals surface area contributed by atoms with Gasteiger partial charge in [-0.3, -0.25) is 14.9 Å². The fourth-order valence-corrected chi connectivity index (χ4v) is 5.61. The summed E-state index contributed by atoms with van der Waals surface area (Å²) in [7, 11) is -4.06. The van der Waals surface area contributed by atoms with E-state index in [0.29, 0.717) is 12.8 Å². The maximum absolute atomic E-state index is 13.0. The standard InChI is InChI=1S/C18H23FN4O5S/c1-11-15(17(25)22-18(26)21-11)29(27,28)23-8-2-3-13(10-23)16(24)20-9-12-4-6-14(19)7-5-12/h4-7,11,13,15H,2-3,8-10H2,1H3,(H,20,24)(H2,21,22,25,26). The Labute approximate surface area is 168 Å². The number of piperidine rings is 1. The molecule has 11 heteroatoms. The monoisotopic (exact) mass is 426 g/mol. The lowest BCUT2D eigenvalue weighted by atomic mass is 9.99. The summed E-state index contributed by atoms with van der Waals surface area (Å²) in [6, 6.07) is 4.10. The van der Waals surface area contributed by atoms with Gasteiger partial charge in [-0.1, -0.05) is 12.1 Å². The summed E-state index contributed by atoms with van der Waals surface area (Å²) in [4.78, 5) is 36.0.